The highest BCUT2D eigenvalue weighted by Gasteiger charge is 2.41. The SMILES string of the molecule is Cc1ccc(N(CC(N)=O)[C@@H]2SC(=O)N(C)C2=O)cc1. The number of anilines is 1. The van der Waals surface area contributed by atoms with E-state index in [1.165, 1.54) is 7.05 Å². The molecule has 2 N–H and O–H groups in total. The van der Waals surface area contributed by atoms with Crippen molar-refractivity contribution < 1.29 is 14.4 Å². The number of carbonyl (C=O) groups excluding carboxylic acids is 3. The van der Waals surface area contributed by atoms with E-state index < -0.39 is 11.3 Å². The molecule has 1 aliphatic heterocycles. The summed E-state index contributed by atoms with van der Waals surface area (Å²) in [5.41, 5.74) is 6.99. The van der Waals surface area contributed by atoms with Gasteiger partial charge < -0.3 is 10.6 Å². The normalized spacial score (nSPS) is 18.5. The smallest absolute Gasteiger partial charge is 0.290 e. The van der Waals surface area contributed by atoms with Crippen molar-refractivity contribution in [2.24, 2.45) is 5.73 Å². The summed E-state index contributed by atoms with van der Waals surface area (Å²) in [7, 11) is 1.43. The van der Waals surface area contributed by atoms with E-state index >= 15 is 0 Å². The second-order valence-corrected chi connectivity index (χ2v) is 5.59. The molecule has 1 saturated heterocycles. The zero-order chi connectivity index (χ0) is 14.9. The largest absolute Gasteiger partial charge is 0.368 e. The lowest BCUT2D eigenvalue weighted by Crippen LogP contribution is -2.44. The third-order valence-corrected chi connectivity index (χ3v) is 4.16. The molecule has 20 heavy (non-hydrogen) atoms. The molecule has 1 atom stereocenters. The van der Waals surface area contributed by atoms with Crippen LogP contribution < -0.4 is 10.6 Å². The van der Waals surface area contributed by atoms with Crippen molar-refractivity contribution >= 4 is 34.5 Å². The number of amides is 3. The first-order valence-electron chi connectivity index (χ1n) is 6.00. The standard InChI is InChI=1S/C13H15N3O3S/c1-8-3-5-9(6-4-8)16(7-10(14)17)12-11(18)15(2)13(19)20-12/h3-6,12H,7H2,1-2H3,(H2,14,17)/t12-/m1/s1. The Kier molecular flexibility index (Phi) is 3.99. The number of imide groups is 1. The first kappa shape index (κ1) is 14.4. The molecule has 1 aromatic carbocycles. The highest BCUT2D eigenvalue weighted by molar-refractivity contribution is 8.15. The molecule has 0 unspecified atom stereocenters. The Morgan fingerprint density at radius 3 is 2.40 bits per heavy atom. The van der Waals surface area contributed by atoms with Crippen LogP contribution in [-0.4, -0.2) is 40.9 Å². The number of hydrogen-bond acceptors (Lipinski definition) is 5. The maximum atomic E-state index is 12.1. The van der Waals surface area contributed by atoms with Crippen molar-refractivity contribution in [3.05, 3.63) is 29.8 Å². The molecule has 0 spiro atoms. The van der Waals surface area contributed by atoms with Gasteiger partial charge in [-0.25, -0.2) is 0 Å². The van der Waals surface area contributed by atoms with Crippen molar-refractivity contribution in [2.75, 3.05) is 18.5 Å². The number of primary amides is 1. The van der Waals surface area contributed by atoms with Gasteiger partial charge in [-0.15, -0.1) is 0 Å². The Morgan fingerprint density at radius 1 is 1.35 bits per heavy atom. The van der Waals surface area contributed by atoms with Gasteiger partial charge in [0.25, 0.3) is 11.1 Å². The molecule has 2 rings (SSSR count). The average molecular weight is 293 g/mol. The van der Waals surface area contributed by atoms with Gasteiger partial charge in [-0.2, -0.15) is 0 Å². The molecule has 1 aromatic rings. The third kappa shape index (κ3) is 2.77. The molecule has 1 heterocycles. The lowest BCUT2D eigenvalue weighted by molar-refractivity contribution is -0.125. The number of benzene rings is 1. The topological polar surface area (TPSA) is 83.7 Å². The maximum Gasteiger partial charge on any atom is 0.290 e. The monoisotopic (exact) mass is 293 g/mol. The number of hydrogen-bond donors (Lipinski definition) is 1. The van der Waals surface area contributed by atoms with Crippen LogP contribution in [0.25, 0.3) is 0 Å². The van der Waals surface area contributed by atoms with Crippen molar-refractivity contribution in [1.29, 1.82) is 0 Å². The van der Waals surface area contributed by atoms with Crippen molar-refractivity contribution in [3.8, 4) is 0 Å². The summed E-state index contributed by atoms with van der Waals surface area (Å²) >= 11 is 0.886. The highest BCUT2D eigenvalue weighted by Crippen LogP contribution is 2.31. The number of nitrogens with two attached hydrogens (primary N) is 1. The quantitative estimate of drug-likeness (QED) is 0.893. The summed E-state index contributed by atoms with van der Waals surface area (Å²) < 4.78 is 0. The van der Waals surface area contributed by atoms with Crippen LogP contribution in [-0.2, 0) is 9.59 Å². The predicted octanol–water partition coefficient (Wildman–Crippen LogP) is 0.938. The van der Waals surface area contributed by atoms with Gasteiger partial charge >= 0.3 is 0 Å². The van der Waals surface area contributed by atoms with Gasteiger partial charge in [0, 0.05) is 12.7 Å². The number of nitrogens with zero attached hydrogens (tertiary/aromatic N) is 2. The predicted molar refractivity (Wildman–Crippen MR) is 77.3 cm³/mol. The molecule has 7 heteroatoms. The zero-order valence-electron chi connectivity index (χ0n) is 11.2. The Balaban J connectivity index is 2.33. The van der Waals surface area contributed by atoms with E-state index in [4.69, 9.17) is 5.73 Å². The molecule has 106 valence electrons. The number of likely N-dealkylation sites (N-methyl/N-ethyl adjacent to an activating group) is 1. The lowest BCUT2D eigenvalue weighted by Gasteiger charge is -2.27. The molecule has 0 radical (unpaired) electrons. The van der Waals surface area contributed by atoms with Crippen LogP contribution in [0.15, 0.2) is 24.3 Å². The lowest BCUT2D eigenvalue weighted by atomic mass is 10.2. The molecular formula is C13H15N3O3S. The van der Waals surface area contributed by atoms with E-state index in [1.54, 1.807) is 17.0 Å². The molecule has 0 aliphatic carbocycles. The summed E-state index contributed by atoms with van der Waals surface area (Å²) in [5.74, 6) is -0.900. The maximum absolute atomic E-state index is 12.1. The minimum absolute atomic E-state index is 0.117. The minimum atomic E-state index is -0.747. The van der Waals surface area contributed by atoms with E-state index in [-0.39, 0.29) is 17.7 Å². The molecule has 6 nitrogen and oxygen atoms in total. The van der Waals surface area contributed by atoms with Crippen LogP contribution >= 0.6 is 11.8 Å². The van der Waals surface area contributed by atoms with E-state index in [9.17, 15) is 14.4 Å². The fourth-order valence-electron chi connectivity index (χ4n) is 1.89. The number of thioether (sulfide) groups is 1. The summed E-state index contributed by atoms with van der Waals surface area (Å²) in [6.45, 7) is 1.82. The van der Waals surface area contributed by atoms with Crippen LogP contribution in [0.3, 0.4) is 0 Å². The van der Waals surface area contributed by atoms with Gasteiger partial charge in [0.15, 0.2) is 5.37 Å². The Morgan fingerprint density at radius 2 is 1.95 bits per heavy atom. The van der Waals surface area contributed by atoms with E-state index in [2.05, 4.69) is 0 Å². The molecule has 1 aliphatic rings. The Hall–Kier alpha value is -2.02. The average Bonchev–Trinajstić information content (AvgIpc) is 2.65. The minimum Gasteiger partial charge on any atom is -0.368 e. The fraction of sp³-hybridized carbons (Fsp3) is 0.308. The molecule has 3 amide bonds. The van der Waals surface area contributed by atoms with Crippen molar-refractivity contribution in [1.82, 2.24) is 4.90 Å². The number of rotatable bonds is 4. The summed E-state index contributed by atoms with van der Waals surface area (Å²) in [6, 6.07) is 7.35. The zero-order valence-corrected chi connectivity index (χ0v) is 12.0. The van der Waals surface area contributed by atoms with E-state index in [1.807, 2.05) is 19.1 Å². The van der Waals surface area contributed by atoms with Crippen molar-refractivity contribution in [2.45, 2.75) is 12.3 Å². The van der Waals surface area contributed by atoms with Crippen LogP contribution in [0.4, 0.5) is 10.5 Å². The van der Waals surface area contributed by atoms with Gasteiger partial charge in [0.1, 0.15) is 0 Å². The van der Waals surface area contributed by atoms with E-state index in [0.29, 0.717) is 5.69 Å². The van der Waals surface area contributed by atoms with Crippen LogP contribution in [0.5, 0.6) is 0 Å². The van der Waals surface area contributed by atoms with E-state index in [0.717, 1.165) is 22.2 Å². The molecule has 1 fully saturated rings. The molecule has 0 bridgehead atoms. The first-order valence-corrected chi connectivity index (χ1v) is 6.88. The Bertz CT molecular complexity index is 558. The second kappa shape index (κ2) is 5.54. The fourth-order valence-corrected chi connectivity index (χ4v) is 2.91. The summed E-state index contributed by atoms with van der Waals surface area (Å²) in [5, 5.41) is -1.08. The molecule has 0 saturated carbocycles. The van der Waals surface area contributed by atoms with Gasteiger partial charge in [-0.05, 0) is 30.8 Å². The van der Waals surface area contributed by atoms with Crippen LogP contribution in [0, 0.1) is 6.92 Å². The second-order valence-electron chi connectivity index (χ2n) is 4.56. The molecule has 0 aromatic heterocycles. The first-order chi connectivity index (χ1) is 9.40. The van der Waals surface area contributed by atoms with Gasteiger partial charge in [0.05, 0.1) is 6.54 Å². The third-order valence-electron chi connectivity index (χ3n) is 3.00. The number of aryl methyl sites for hydroxylation is 1. The summed E-state index contributed by atoms with van der Waals surface area (Å²) in [4.78, 5) is 37.5. The van der Waals surface area contributed by atoms with Gasteiger partial charge in [0.2, 0.25) is 5.91 Å². The van der Waals surface area contributed by atoms with Gasteiger partial charge in [-0.1, -0.05) is 17.7 Å². The van der Waals surface area contributed by atoms with Crippen LogP contribution in [0.1, 0.15) is 5.56 Å². The Labute approximate surface area is 120 Å². The van der Waals surface area contributed by atoms with Crippen molar-refractivity contribution in [3.63, 3.8) is 0 Å². The summed E-state index contributed by atoms with van der Waals surface area (Å²) in [6.07, 6.45) is 0. The highest BCUT2D eigenvalue weighted by atomic mass is 32.2. The van der Waals surface area contributed by atoms with Crippen LogP contribution in [0.2, 0.25) is 0 Å². The van der Waals surface area contributed by atoms with Gasteiger partial charge in [-0.3, -0.25) is 19.3 Å². The molecular weight excluding hydrogens is 278 g/mol. The number of carbonyl (C=O) groups is 3.